The zero-order chi connectivity index (χ0) is 25.1. The number of ether oxygens (including phenoxy) is 2. The van der Waals surface area contributed by atoms with E-state index in [2.05, 4.69) is 39.0 Å². The summed E-state index contributed by atoms with van der Waals surface area (Å²) in [6.07, 6.45) is 1.49. The van der Waals surface area contributed by atoms with Crippen molar-refractivity contribution in [2.24, 2.45) is 0 Å². The highest BCUT2D eigenvalue weighted by Crippen LogP contribution is 2.38. The molecule has 2 heterocycles. The summed E-state index contributed by atoms with van der Waals surface area (Å²) in [7, 11) is -0.670. The summed E-state index contributed by atoms with van der Waals surface area (Å²) in [5, 5.41) is 0.764. The van der Waals surface area contributed by atoms with Crippen LogP contribution in [0.3, 0.4) is 0 Å². The van der Waals surface area contributed by atoms with Gasteiger partial charge in [-0.05, 0) is 48.0 Å². The molecule has 0 spiro atoms. The van der Waals surface area contributed by atoms with E-state index in [1.165, 1.54) is 11.8 Å². The number of hydrogen-bond acceptors (Lipinski definition) is 7. The minimum Gasteiger partial charge on any atom is -0.497 e. The standard InChI is InChI=1S/C28H29N3O4S/c1-34-22-8-11-24(12-9-22)36(32,33)27-19-29-26-13-10-23(35-2)18-25(26)28(27)31-16-14-30(15-17-31)20-21-6-4-3-5-7-21/h3-13,18-19H,14-17,20H2,1-2H3. The average Bonchev–Trinajstić information content (AvgIpc) is 2.93. The molecule has 1 aliphatic heterocycles. The largest absolute Gasteiger partial charge is 0.497 e. The van der Waals surface area contributed by atoms with Crippen LogP contribution in [0.15, 0.2) is 88.8 Å². The van der Waals surface area contributed by atoms with E-state index in [4.69, 9.17) is 9.47 Å². The molecule has 8 heteroatoms. The summed E-state index contributed by atoms with van der Waals surface area (Å²) in [5.41, 5.74) is 2.67. The molecular formula is C28H29N3O4S. The van der Waals surface area contributed by atoms with Crippen molar-refractivity contribution in [2.75, 3.05) is 45.3 Å². The van der Waals surface area contributed by atoms with Crippen LogP contribution in [0, 0.1) is 0 Å². The van der Waals surface area contributed by atoms with Crippen molar-refractivity contribution in [3.8, 4) is 11.5 Å². The lowest BCUT2D eigenvalue weighted by Gasteiger charge is -2.37. The topological polar surface area (TPSA) is 72.0 Å². The molecule has 0 saturated carbocycles. The highest BCUT2D eigenvalue weighted by Gasteiger charge is 2.29. The molecular weight excluding hydrogens is 474 g/mol. The third-order valence-electron chi connectivity index (χ3n) is 6.61. The number of pyridine rings is 1. The summed E-state index contributed by atoms with van der Waals surface area (Å²) in [5.74, 6) is 1.26. The molecule has 1 fully saturated rings. The fourth-order valence-corrected chi connectivity index (χ4v) is 6.08. The van der Waals surface area contributed by atoms with Gasteiger partial charge in [0.25, 0.3) is 0 Å². The number of aromatic nitrogens is 1. The van der Waals surface area contributed by atoms with Crippen molar-refractivity contribution < 1.29 is 17.9 Å². The van der Waals surface area contributed by atoms with Gasteiger partial charge in [-0.25, -0.2) is 8.42 Å². The maximum absolute atomic E-state index is 13.9. The lowest BCUT2D eigenvalue weighted by molar-refractivity contribution is 0.249. The third-order valence-corrected chi connectivity index (χ3v) is 8.38. The molecule has 0 unspecified atom stereocenters. The molecule has 3 aromatic carbocycles. The molecule has 1 saturated heterocycles. The van der Waals surface area contributed by atoms with Gasteiger partial charge in [-0.2, -0.15) is 0 Å². The van der Waals surface area contributed by atoms with E-state index in [9.17, 15) is 8.42 Å². The molecule has 1 aliphatic rings. The van der Waals surface area contributed by atoms with Crippen molar-refractivity contribution in [1.82, 2.24) is 9.88 Å². The fourth-order valence-electron chi connectivity index (χ4n) is 4.64. The monoisotopic (exact) mass is 503 g/mol. The Kier molecular flexibility index (Phi) is 6.80. The van der Waals surface area contributed by atoms with Crippen LogP contribution >= 0.6 is 0 Å². The van der Waals surface area contributed by atoms with E-state index in [0.29, 0.717) is 30.3 Å². The summed E-state index contributed by atoms with van der Waals surface area (Å²) >= 11 is 0. The highest BCUT2D eigenvalue weighted by molar-refractivity contribution is 7.91. The molecule has 0 atom stereocenters. The summed E-state index contributed by atoms with van der Waals surface area (Å²) in [4.78, 5) is 9.48. The van der Waals surface area contributed by atoms with Gasteiger partial charge in [0.2, 0.25) is 9.84 Å². The number of nitrogens with zero attached hydrogens (tertiary/aromatic N) is 3. The zero-order valence-corrected chi connectivity index (χ0v) is 21.2. The minimum atomic E-state index is -3.83. The number of hydrogen-bond donors (Lipinski definition) is 0. The molecule has 36 heavy (non-hydrogen) atoms. The van der Waals surface area contributed by atoms with Crippen LogP contribution in [0.2, 0.25) is 0 Å². The van der Waals surface area contributed by atoms with Crippen molar-refractivity contribution in [2.45, 2.75) is 16.3 Å². The van der Waals surface area contributed by atoms with Gasteiger partial charge in [0.15, 0.2) is 0 Å². The summed E-state index contributed by atoms with van der Waals surface area (Å²) < 4.78 is 38.4. The van der Waals surface area contributed by atoms with Crippen molar-refractivity contribution >= 4 is 26.4 Å². The first-order valence-corrected chi connectivity index (χ1v) is 13.3. The Labute approximate surface area is 211 Å². The first-order chi connectivity index (χ1) is 17.5. The van der Waals surface area contributed by atoms with E-state index < -0.39 is 9.84 Å². The van der Waals surface area contributed by atoms with Gasteiger partial charge in [-0.1, -0.05) is 30.3 Å². The van der Waals surface area contributed by atoms with Crippen LogP contribution in [0.1, 0.15) is 5.56 Å². The molecule has 5 rings (SSSR count). The number of fused-ring (bicyclic) bond motifs is 1. The van der Waals surface area contributed by atoms with Crippen LogP contribution < -0.4 is 14.4 Å². The average molecular weight is 504 g/mol. The van der Waals surface area contributed by atoms with Crippen LogP contribution in [-0.4, -0.2) is 58.7 Å². The Bertz CT molecular complexity index is 1450. The molecule has 186 valence electrons. The Hall–Kier alpha value is -3.62. The van der Waals surface area contributed by atoms with Crippen molar-refractivity contribution in [3.05, 3.63) is 84.6 Å². The molecule has 0 N–H and O–H groups in total. The molecule has 1 aromatic heterocycles. The van der Waals surface area contributed by atoms with Crippen molar-refractivity contribution in [3.63, 3.8) is 0 Å². The second-order valence-electron chi connectivity index (χ2n) is 8.78. The molecule has 0 bridgehead atoms. The highest BCUT2D eigenvalue weighted by atomic mass is 32.2. The van der Waals surface area contributed by atoms with Gasteiger partial charge in [-0.3, -0.25) is 9.88 Å². The van der Waals surface area contributed by atoms with E-state index in [1.807, 2.05) is 24.3 Å². The lowest BCUT2D eigenvalue weighted by atomic mass is 10.1. The number of rotatable bonds is 7. The molecule has 4 aromatic rings. The SMILES string of the molecule is COc1ccc(S(=O)(=O)c2cnc3ccc(OC)cc3c2N2CCN(Cc3ccccc3)CC2)cc1. The first kappa shape index (κ1) is 24.1. The van der Waals surface area contributed by atoms with Gasteiger partial charge >= 0.3 is 0 Å². The zero-order valence-electron chi connectivity index (χ0n) is 20.4. The van der Waals surface area contributed by atoms with Crippen LogP contribution in [0.25, 0.3) is 10.9 Å². The van der Waals surface area contributed by atoms with E-state index in [0.717, 1.165) is 30.5 Å². The number of benzene rings is 3. The minimum absolute atomic E-state index is 0.199. The van der Waals surface area contributed by atoms with Crippen LogP contribution in [0.5, 0.6) is 11.5 Å². The fraction of sp³-hybridized carbons (Fsp3) is 0.250. The molecule has 0 amide bonds. The number of piperazine rings is 1. The Morgan fingerprint density at radius 3 is 2.17 bits per heavy atom. The molecule has 7 nitrogen and oxygen atoms in total. The van der Waals surface area contributed by atoms with Gasteiger partial charge in [0.1, 0.15) is 16.4 Å². The maximum Gasteiger partial charge on any atom is 0.210 e. The second kappa shape index (κ2) is 10.2. The van der Waals surface area contributed by atoms with E-state index in [-0.39, 0.29) is 9.79 Å². The predicted octanol–water partition coefficient (Wildman–Crippen LogP) is 4.41. The third kappa shape index (κ3) is 4.74. The lowest BCUT2D eigenvalue weighted by Crippen LogP contribution is -2.46. The number of sulfone groups is 1. The second-order valence-corrected chi connectivity index (χ2v) is 10.7. The van der Waals surface area contributed by atoms with Crippen LogP contribution in [0.4, 0.5) is 5.69 Å². The Morgan fingerprint density at radius 1 is 0.833 bits per heavy atom. The Morgan fingerprint density at radius 2 is 1.50 bits per heavy atom. The predicted molar refractivity (Wildman–Crippen MR) is 141 cm³/mol. The van der Waals surface area contributed by atoms with Gasteiger partial charge < -0.3 is 14.4 Å². The summed E-state index contributed by atoms with van der Waals surface area (Å²) in [6, 6.07) is 22.5. The quantitative estimate of drug-likeness (QED) is 0.370. The van der Waals surface area contributed by atoms with E-state index >= 15 is 0 Å². The maximum atomic E-state index is 13.9. The van der Waals surface area contributed by atoms with Gasteiger partial charge in [0, 0.05) is 44.3 Å². The number of anilines is 1. The molecule has 0 radical (unpaired) electrons. The van der Waals surface area contributed by atoms with Gasteiger partial charge in [-0.15, -0.1) is 0 Å². The first-order valence-electron chi connectivity index (χ1n) is 11.9. The Balaban J connectivity index is 1.54. The summed E-state index contributed by atoms with van der Waals surface area (Å²) in [6.45, 7) is 3.93. The van der Waals surface area contributed by atoms with E-state index in [1.54, 1.807) is 38.5 Å². The van der Waals surface area contributed by atoms with Crippen molar-refractivity contribution in [1.29, 1.82) is 0 Å². The van der Waals surface area contributed by atoms with Gasteiger partial charge in [0.05, 0.1) is 30.3 Å². The normalized spacial score (nSPS) is 14.7. The molecule has 0 aliphatic carbocycles. The smallest absolute Gasteiger partial charge is 0.210 e. The van der Waals surface area contributed by atoms with Crippen LogP contribution in [-0.2, 0) is 16.4 Å². The number of methoxy groups -OCH3 is 2.